The Morgan fingerprint density at radius 3 is 2.63 bits per heavy atom. The molecular formula is C15H15N3S. The first-order chi connectivity index (χ1) is 9.24. The summed E-state index contributed by atoms with van der Waals surface area (Å²) in [6.07, 6.45) is 3.97. The van der Waals surface area contributed by atoms with Gasteiger partial charge < -0.3 is 4.90 Å². The van der Waals surface area contributed by atoms with Crippen LogP contribution in [0.1, 0.15) is 0 Å². The van der Waals surface area contributed by atoms with Crippen LogP contribution in [0.25, 0.3) is 11.0 Å². The Balaban J connectivity index is 1.97. The lowest BCUT2D eigenvalue weighted by atomic mass is 10.3. The second kappa shape index (κ2) is 4.97. The lowest BCUT2D eigenvalue weighted by Gasteiger charge is -2.11. The minimum atomic E-state index is 0.999. The molecule has 4 heteroatoms. The number of pyridine rings is 1. The van der Waals surface area contributed by atoms with E-state index < -0.39 is 0 Å². The van der Waals surface area contributed by atoms with Gasteiger partial charge in [0.15, 0.2) is 0 Å². The summed E-state index contributed by atoms with van der Waals surface area (Å²) in [5.74, 6) is 0. The van der Waals surface area contributed by atoms with Crippen LogP contribution in [-0.4, -0.2) is 23.1 Å². The summed E-state index contributed by atoms with van der Waals surface area (Å²) in [5, 5.41) is 1.16. The Morgan fingerprint density at radius 1 is 1.11 bits per heavy atom. The van der Waals surface area contributed by atoms with E-state index in [2.05, 4.69) is 44.3 Å². The van der Waals surface area contributed by atoms with E-state index in [1.54, 1.807) is 11.9 Å². The Kier molecular flexibility index (Phi) is 3.17. The van der Waals surface area contributed by atoms with Gasteiger partial charge in [-0.05, 0) is 36.2 Å². The Labute approximate surface area is 117 Å². The van der Waals surface area contributed by atoms with Crippen LogP contribution in [0.5, 0.6) is 0 Å². The third kappa shape index (κ3) is 2.44. The normalized spacial score (nSPS) is 10.8. The van der Waals surface area contributed by atoms with Crippen LogP contribution in [0, 0.1) is 0 Å². The number of rotatable bonds is 3. The summed E-state index contributed by atoms with van der Waals surface area (Å²) in [7, 11) is 4.05. The molecule has 0 bridgehead atoms. The predicted molar refractivity (Wildman–Crippen MR) is 81.8 cm³/mol. The number of hydrogen-bond acceptors (Lipinski definition) is 3. The fraction of sp³-hybridized carbons (Fsp3) is 0.133. The lowest BCUT2D eigenvalue weighted by Crippen LogP contribution is -2.08. The van der Waals surface area contributed by atoms with E-state index >= 15 is 0 Å². The van der Waals surface area contributed by atoms with Crippen LogP contribution >= 0.6 is 11.9 Å². The van der Waals surface area contributed by atoms with Crippen molar-refractivity contribution in [3.63, 3.8) is 0 Å². The standard InChI is InChI=1S/C15H15N3S/c1-17(2)13-10-12-8-9-18(15(12)16-11-13)19-14-6-4-3-5-7-14/h3-11H,1-2H3. The van der Waals surface area contributed by atoms with Crippen molar-refractivity contribution in [2.24, 2.45) is 0 Å². The third-order valence-electron chi connectivity index (χ3n) is 2.94. The quantitative estimate of drug-likeness (QED) is 0.724. The number of fused-ring (bicyclic) bond motifs is 1. The molecule has 1 aromatic carbocycles. The van der Waals surface area contributed by atoms with Gasteiger partial charge in [0.05, 0.1) is 11.9 Å². The van der Waals surface area contributed by atoms with Crippen molar-refractivity contribution in [3.05, 3.63) is 54.9 Å². The van der Waals surface area contributed by atoms with E-state index in [-0.39, 0.29) is 0 Å². The minimum absolute atomic E-state index is 0.999. The second-order valence-corrected chi connectivity index (χ2v) is 5.59. The van der Waals surface area contributed by atoms with Gasteiger partial charge in [0.25, 0.3) is 0 Å². The van der Waals surface area contributed by atoms with Crippen molar-refractivity contribution in [1.82, 2.24) is 8.96 Å². The lowest BCUT2D eigenvalue weighted by molar-refractivity contribution is 1.12. The van der Waals surface area contributed by atoms with Gasteiger partial charge in [-0.1, -0.05) is 18.2 Å². The average Bonchev–Trinajstić information content (AvgIpc) is 2.82. The summed E-state index contributed by atoms with van der Waals surface area (Å²) in [6, 6.07) is 14.6. The van der Waals surface area contributed by atoms with Crippen LogP contribution in [0.3, 0.4) is 0 Å². The molecule has 0 unspecified atom stereocenters. The van der Waals surface area contributed by atoms with E-state index in [0.717, 1.165) is 16.7 Å². The molecule has 0 aliphatic carbocycles. The largest absolute Gasteiger partial charge is 0.376 e. The SMILES string of the molecule is CN(C)c1cnc2c(ccn2Sc2ccccc2)c1. The molecule has 0 saturated carbocycles. The molecule has 0 saturated heterocycles. The fourth-order valence-electron chi connectivity index (χ4n) is 1.90. The highest BCUT2D eigenvalue weighted by Crippen LogP contribution is 2.26. The number of benzene rings is 1. The molecule has 0 atom stereocenters. The van der Waals surface area contributed by atoms with Crippen molar-refractivity contribution in [2.75, 3.05) is 19.0 Å². The van der Waals surface area contributed by atoms with Crippen LogP contribution in [0.2, 0.25) is 0 Å². The van der Waals surface area contributed by atoms with E-state index in [4.69, 9.17) is 0 Å². The van der Waals surface area contributed by atoms with Gasteiger partial charge >= 0.3 is 0 Å². The van der Waals surface area contributed by atoms with Crippen molar-refractivity contribution in [1.29, 1.82) is 0 Å². The molecule has 3 nitrogen and oxygen atoms in total. The van der Waals surface area contributed by atoms with Gasteiger partial charge in [0, 0.05) is 30.6 Å². The second-order valence-electron chi connectivity index (χ2n) is 4.55. The summed E-state index contributed by atoms with van der Waals surface area (Å²) >= 11 is 1.68. The molecular weight excluding hydrogens is 254 g/mol. The van der Waals surface area contributed by atoms with E-state index in [0.29, 0.717) is 0 Å². The molecule has 0 N–H and O–H groups in total. The maximum Gasteiger partial charge on any atom is 0.150 e. The first-order valence-electron chi connectivity index (χ1n) is 6.12. The first-order valence-corrected chi connectivity index (χ1v) is 6.89. The maximum atomic E-state index is 4.56. The van der Waals surface area contributed by atoms with Crippen LogP contribution in [0.4, 0.5) is 5.69 Å². The summed E-state index contributed by atoms with van der Waals surface area (Å²) in [4.78, 5) is 7.83. The Hall–Kier alpha value is -1.94. The topological polar surface area (TPSA) is 21.1 Å². The zero-order valence-corrected chi connectivity index (χ0v) is 11.8. The summed E-state index contributed by atoms with van der Waals surface area (Å²) in [5.41, 5.74) is 2.12. The van der Waals surface area contributed by atoms with Gasteiger partial charge in [-0.2, -0.15) is 0 Å². The van der Waals surface area contributed by atoms with Crippen molar-refractivity contribution >= 4 is 28.7 Å². The van der Waals surface area contributed by atoms with E-state index in [9.17, 15) is 0 Å². The molecule has 0 spiro atoms. The molecule has 3 aromatic rings. The van der Waals surface area contributed by atoms with Crippen molar-refractivity contribution in [3.8, 4) is 0 Å². The maximum absolute atomic E-state index is 4.56. The number of hydrogen-bond donors (Lipinski definition) is 0. The summed E-state index contributed by atoms with van der Waals surface area (Å²) < 4.78 is 2.10. The van der Waals surface area contributed by atoms with Crippen molar-refractivity contribution < 1.29 is 0 Å². The van der Waals surface area contributed by atoms with E-state index in [1.807, 2.05) is 38.5 Å². The molecule has 0 fully saturated rings. The number of nitrogens with zero attached hydrogens (tertiary/aromatic N) is 3. The van der Waals surface area contributed by atoms with Gasteiger partial charge in [-0.3, -0.25) is 3.97 Å². The smallest absolute Gasteiger partial charge is 0.150 e. The zero-order valence-electron chi connectivity index (χ0n) is 10.9. The van der Waals surface area contributed by atoms with Gasteiger partial charge in [-0.25, -0.2) is 4.98 Å². The molecule has 2 heterocycles. The summed E-state index contributed by atoms with van der Waals surface area (Å²) in [6.45, 7) is 0. The average molecular weight is 269 g/mol. The van der Waals surface area contributed by atoms with Gasteiger partial charge in [-0.15, -0.1) is 0 Å². The fourth-order valence-corrected chi connectivity index (χ4v) is 2.77. The molecule has 3 rings (SSSR count). The molecule has 0 aliphatic rings. The number of aromatic nitrogens is 2. The Morgan fingerprint density at radius 2 is 1.89 bits per heavy atom. The highest BCUT2D eigenvalue weighted by atomic mass is 32.2. The van der Waals surface area contributed by atoms with Crippen LogP contribution in [-0.2, 0) is 0 Å². The zero-order chi connectivity index (χ0) is 13.2. The van der Waals surface area contributed by atoms with Crippen molar-refractivity contribution in [2.45, 2.75) is 4.90 Å². The molecule has 19 heavy (non-hydrogen) atoms. The highest BCUT2D eigenvalue weighted by Gasteiger charge is 2.06. The van der Waals surface area contributed by atoms with Crippen LogP contribution in [0.15, 0.2) is 59.8 Å². The van der Waals surface area contributed by atoms with Crippen LogP contribution < -0.4 is 4.90 Å². The third-order valence-corrected chi connectivity index (χ3v) is 3.92. The Bertz CT molecular complexity index is 689. The van der Waals surface area contributed by atoms with Gasteiger partial charge in [0.1, 0.15) is 5.65 Å². The predicted octanol–water partition coefficient (Wildman–Crippen LogP) is 3.66. The van der Waals surface area contributed by atoms with Gasteiger partial charge in [0.2, 0.25) is 0 Å². The molecule has 0 aliphatic heterocycles. The molecule has 0 radical (unpaired) electrons. The molecule has 96 valence electrons. The molecule has 2 aromatic heterocycles. The minimum Gasteiger partial charge on any atom is -0.376 e. The monoisotopic (exact) mass is 269 g/mol. The highest BCUT2D eigenvalue weighted by molar-refractivity contribution is 7.98. The number of anilines is 1. The first kappa shape index (κ1) is 12.1. The van der Waals surface area contributed by atoms with E-state index in [1.165, 1.54) is 4.90 Å². The molecule has 0 amide bonds.